The fourth-order valence-electron chi connectivity index (χ4n) is 1.82. The average Bonchev–Trinajstić information content (AvgIpc) is 2.94. The highest BCUT2D eigenvalue weighted by atomic mass is 127. The van der Waals surface area contributed by atoms with E-state index in [-0.39, 0.29) is 0 Å². The summed E-state index contributed by atoms with van der Waals surface area (Å²) in [6.45, 7) is 1.07. The van der Waals surface area contributed by atoms with E-state index in [0.717, 1.165) is 27.1 Å². The number of aromatic nitrogens is 3. The lowest BCUT2D eigenvalue weighted by Crippen LogP contribution is -2.00. The third-order valence-electron chi connectivity index (χ3n) is 2.79. The van der Waals surface area contributed by atoms with Crippen LogP contribution in [0.15, 0.2) is 12.5 Å². The van der Waals surface area contributed by atoms with Gasteiger partial charge in [0.1, 0.15) is 17.8 Å². The van der Waals surface area contributed by atoms with Gasteiger partial charge in [-0.05, 0) is 41.4 Å². The molecule has 0 amide bonds. The molecule has 0 aromatic carbocycles. The molecule has 78 valence electrons. The molecule has 1 fully saturated rings. The minimum atomic E-state index is 0.582. The predicted molar refractivity (Wildman–Crippen MR) is 67.4 cm³/mol. The zero-order valence-electron chi connectivity index (χ0n) is 8.15. The summed E-state index contributed by atoms with van der Waals surface area (Å²) in [5.41, 5.74) is 6.82. The molecule has 2 aromatic rings. The van der Waals surface area contributed by atoms with Crippen molar-refractivity contribution in [1.82, 2.24) is 14.5 Å². The van der Waals surface area contributed by atoms with Crippen LogP contribution in [0.5, 0.6) is 0 Å². The molecule has 0 atom stereocenters. The zero-order valence-corrected chi connectivity index (χ0v) is 10.3. The molecule has 0 spiro atoms. The highest BCUT2D eigenvalue weighted by Gasteiger charge is 2.23. The molecule has 1 aliphatic carbocycles. The predicted octanol–water partition coefficient (Wildman–Crippen LogP) is 2.03. The SMILES string of the molecule is Nc1ncnc2c1c(I)cn2CC1CC1. The summed E-state index contributed by atoms with van der Waals surface area (Å²) in [4.78, 5) is 8.34. The van der Waals surface area contributed by atoms with Gasteiger partial charge < -0.3 is 10.3 Å². The number of rotatable bonds is 2. The van der Waals surface area contributed by atoms with Crippen LogP contribution in [-0.4, -0.2) is 14.5 Å². The van der Waals surface area contributed by atoms with Crippen LogP contribution in [0.2, 0.25) is 0 Å². The van der Waals surface area contributed by atoms with Gasteiger partial charge in [0.25, 0.3) is 0 Å². The van der Waals surface area contributed by atoms with Crippen LogP contribution in [0.1, 0.15) is 12.8 Å². The van der Waals surface area contributed by atoms with Crippen molar-refractivity contribution in [2.24, 2.45) is 5.92 Å². The Bertz CT molecular complexity index is 515. The zero-order chi connectivity index (χ0) is 10.4. The first-order chi connectivity index (χ1) is 7.25. The van der Waals surface area contributed by atoms with Crippen LogP contribution < -0.4 is 5.73 Å². The summed E-state index contributed by atoms with van der Waals surface area (Å²) in [6.07, 6.45) is 6.35. The normalized spacial score (nSPS) is 16.1. The van der Waals surface area contributed by atoms with Crippen LogP contribution in [0.4, 0.5) is 5.82 Å². The number of nitrogens with zero attached hydrogens (tertiary/aromatic N) is 3. The van der Waals surface area contributed by atoms with Crippen LogP contribution >= 0.6 is 22.6 Å². The van der Waals surface area contributed by atoms with E-state index in [1.165, 1.54) is 19.2 Å². The second-order valence-electron chi connectivity index (χ2n) is 4.03. The topological polar surface area (TPSA) is 56.7 Å². The van der Waals surface area contributed by atoms with Crippen molar-refractivity contribution in [3.05, 3.63) is 16.1 Å². The van der Waals surface area contributed by atoms with Crippen molar-refractivity contribution < 1.29 is 0 Å². The highest BCUT2D eigenvalue weighted by Crippen LogP contribution is 2.33. The summed E-state index contributed by atoms with van der Waals surface area (Å²) in [5.74, 6) is 1.42. The first kappa shape index (κ1) is 9.38. The Morgan fingerprint density at radius 1 is 1.47 bits per heavy atom. The Hall–Kier alpha value is -0.850. The van der Waals surface area contributed by atoms with E-state index in [4.69, 9.17) is 5.73 Å². The van der Waals surface area contributed by atoms with Gasteiger partial charge in [-0.1, -0.05) is 0 Å². The third-order valence-corrected chi connectivity index (χ3v) is 3.61. The van der Waals surface area contributed by atoms with Crippen molar-refractivity contribution in [3.63, 3.8) is 0 Å². The van der Waals surface area contributed by atoms with Gasteiger partial charge in [0.05, 0.1) is 5.39 Å². The molecule has 0 bridgehead atoms. The molecule has 15 heavy (non-hydrogen) atoms. The highest BCUT2D eigenvalue weighted by molar-refractivity contribution is 14.1. The fourth-order valence-corrected chi connectivity index (χ4v) is 2.67. The van der Waals surface area contributed by atoms with Crippen LogP contribution in [0.25, 0.3) is 11.0 Å². The summed E-state index contributed by atoms with van der Waals surface area (Å²) in [5, 5.41) is 0.999. The van der Waals surface area contributed by atoms with E-state index >= 15 is 0 Å². The molecule has 1 saturated carbocycles. The minimum absolute atomic E-state index is 0.582. The van der Waals surface area contributed by atoms with Gasteiger partial charge in [-0.15, -0.1) is 0 Å². The Morgan fingerprint density at radius 2 is 2.27 bits per heavy atom. The molecular formula is C10H11IN4. The summed E-state index contributed by atoms with van der Waals surface area (Å²) in [6, 6.07) is 0. The van der Waals surface area contributed by atoms with Crippen LogP contribution in [0.3, 0.4) is 0 Å². The molecule has 5 heteroatoms. The van der Waals surface area contributed by atoms with Crippen molar-refractivity contribution in [2.45, 2.75) is 19.4 Å². The van der Waals surface area contributed by atoms with Gasteiger partial charge >= 0.3 is 0 Å². The van der Waals surface area contributed by atoms with Crippen molar-refractivity contribution in [2.75, 3.05) is 5.73 Å². The number of nitrogen functional groups attached to an aromatic ring is 1. The molecule has 3 rings (SSSR count). The van der Waals surface area contributed by atoms with E-state index in [1.54, 1.807) is 0 Å². The monoisotopic (exact) mass is 314 g/mol. The molecule has 0 unspecified atom stereocenters. The smallest absolute Gasteiger partial charge is 0.146 e. The van der Waals surface area contributed by atoms with Crippen molar-refractivity contribution in [1.29, 1.82) is 0 Å². The van der Waals surface area contributed by atoms with E-state index in [0.29, 0.717) is 5.82 Å². The molecule has 0 saturated heterocycles. The molecule has 2 heterocycles. The second-order valence-corrected chi connectivity index (χ2v) is 5.19. The molecule has 0 radical (unpaired) electrons. The first-order valence-electron chi connectivity index (χ1n) is 5.00. The van der Waals surface area contributed by atoms with Gasteiger partial charge in [-0.25, -0.2) is 9.97 Å². The van der Waals surface area contributed by atoms with E-state index in [1.807, 2.05) is 0 Å². The Labute approximate surface area is 101 Å². The maximum absolute atomic E-state index is 5.85. The van der Waals surface area contributed by atoms with Gasteiger partial charge in [0, 0.05) is 16.3 Å². The second kappa shape index (κ2) is 3.33. The Balaban J connectivity index is 2.17. The Morgan fingerprint density at radius 3 is 3.00 bits per heavy atom. The molecule has 1 aliphatic rings. The number of nitrogens with two attached hydrogens (primary N) is 1. The number of fused-ring (bicyclic) bond motifs is 1. The summed E-state index contributed by atoms with van der Waals surface area (Å²) in [7, 11) is 0. The maximum Gasteiger partial charge on any atom is 0.146 e. The van der Waals surface area contributed by atoms with Gasteiger partial charge in [0.2, 0.25) is 0 Å². The van der Waals surface area contributed by atoms with Gasteiger partial charge in [-0.2, -0.15) is 0 Å². The molecular weight excluding hydrogens is 303 g/mol. The third kappa shape index (κ3) is 1.58. The van der Waals surface area contributed by atoms with Crippen LogP contribution in [0, 0.1) is 9.49 Å². The van der Waals surface area contributed by atoms with E-state index in [2.05, 4.69) is 43.3 Å². The first-order valence-corrected chi connectivity index (χ1v) is 6.08. The Kier molecular flexibility index (Phi) is 2.08. The van der Waals surface area contributed by atoms with Gasteiger partial charge in [0.15, 0.2) is 0 Å². The number of hydrogen-bond acceptors (Lipinski definition) is 3. The fraction of sp³-hybridized carbons (Fsp3) is 0.400. The lowest BCUT2D eigenvalue weighted by Gasteiger charge is -2.02. The minimum Gasteiger partial charge on any atom is -0.383 e. The molecule has 4 nitrogen and oxygen atoms in total. The standard InChI is InChI=1S/C10H11IN4/c11-7-4-15(3-6-1-2-6)10-8(7)9(12)13-5-14-10/h4-6H,1-3H2,(H2,12,13,14). The van der Waals surface area contributed by atoms with E-state index in [9.17, 15) is 0 Å². The largest absolute Gasteiger partial charge is 0.383 e. The summed E-state index contributed by atoms with van der Waals surface area (Å²) < 4.78 is 3.34. The molecule has 2 N–H and O–H groups in total. The maximum atomic E-state index is 5.85. The van der Waals surface area contributed by atoms with E-state index < -0.39 is 0 Å². The average molecular weight is 314 g/mol. The summed E-state index contributed by atoms with van der Waals surface area (Å²) >= 11 is 2.29. The number of halogens is 1. The lowest BCUT2D eigenvalue weighted by molar-refractivity contribution is 0.642. The number of hydrogen-bond donors (Lipinski definition) is 1. The lowest BCUT2D eigenvalue weighted by atomic mass is 10.4. The number of anilines is 1. The molecule has 0 aliphatic heterocycles. The van der Waals surface area contributed by atoms with Gasteiger partial charge in [-0.3, -0.25) is 0 Å². The van der Waals surface area contributed by atoms with Crippen LogP contribution in [-0.2, 0) is 6.54 Å². The van der Waals surface area contributed by atoms with Crippen molar-refractivity contribution >= 4 is 39.4 Å². The van der Waals surface area contributed by atoms with Crippen molar-refractivity contribution in [3.8, 4) is 0 Å². The molecule has 2 aromatic heterocycles. The quantitative estimate of drug-likeness (QED) is 0.863.